The number of rotatable bonds is 8. The number of hydrogen-bond donors (Lipinski definition) is 3. The number of carbonyl (C=O) groups is 2. The van der Waals surface area contributed by atoms with Crippen molar-refractivity contribution < 1.29 is 23.8 Å². The Morgan fingerprint density at radius 3 is 2.65 bits per heavy atom. The van der Waals surface area contributed by atoms with Gasteiger partial charge in [-0.1, -0.05) is 12.1 Å². The minimum atomic E-state index is -0.816. The largest absolute Gasteiger partial charge is 0.491 e. The predicted octanol–water partition coefficient (Wildman–Crippen LogP) is 3.94. The Balaban J connectivity index is 1.40. The van der Waals surface area contributed by atoms with Crippen molar-refractivity contribution in [3.63, 3.8) is 0 Å². The first-order valence-electron chi connectivity index (χ1n) is 10.9. The molecule has 1 aliphatic carbocycles. The topological polar surface area (TPSA) is 108 Å². The van der Waals surface area contributed by atoms with E-state index in [2.05, 4.69) is 15.3 Å². The second-order valence-corrected chi connectivity index (χ2v) is 9.57. The fraction of sp³-hybridized carbons (Fsp3) is 0.292. The number of aliphatic hydroxyl groups is 1. The van der Waals surface area contributed by atoms with Crippen molar-refractivity contribution in [2.45, 2.75) is 24.9 Å². The van der Waals surface area contributed by atoms with Crippen molar-refractivity contribution >= 4 is 34.5 Å². The molecule has 1 aromatic heterocycles. The number of nitrogens with one attached hydrogen (secondary N) is 2. The molecular weight excluding hydrogens is 554 g/mol. The Kier molecular flexibility index (Phi) is 6.26. The van der Waals surface area contributed by atoms with E-state index in [-0.39, 0.29) is 30.9 Å². The van der Waals surface area contributed by atoms with Gasteiger partial charge in [-0.15, -0.1) is 0 Å². The fourth-order valence-electron chi connectivity index (χ4n) is 4.20. The average Bonchev–Trinajstić information content (AvgIpc) is 3.48. The summed E-state index contributed by atoms with van der Waals surface area (Å²) >= 11 is 2.05. The number of imide groups is 1. The Morgan fingerprint density at radius 2 is 1.97 bits per heavy atom. The number of urea groups is 1. The van der Waals surface area contributed by atoms with Crippen LogP contribution in [0.15, 0.2) is 48.7 Å². The van der Waals surface area contributed by atoms with Gasteiger partial charge in [-0.25, -0.2) is 14.2 Å². The van der Waals surface area contributed by atoms with E-state index in [4.69, 9.17) is 9.84 Å². The zero-order valence-electron chi connectivity index (χ0n) is 18.0. The van der Waals surface area contributed by atoms with Crippen LogP contribution in [0, 0.1) is 15.3 Å². The van der Waals surface area contributed by atoms with Crippen LogP contribution in [0.2, 0.25) is 0 Å². The molecule has 3 aromatic rings. The minimum Gasteiger partial charge on any atom is -0.491 e. The highest BCUT2D eigenvalue weighted by Crippen LogP contribution is 2.46. The van der Waals surface area contributed by atoms with Crippen molar-refractivity contribution in [3.05, 3.63) is 69.4 Å². The predicted molar refractivity (Wildman–Crippen MR) is 129 cm³/mol. The van der Waals surface area contributed by atoms with E-state index in [0.29, 0.717) is 28.4 Å². The molecule has 2 heterocycles. The first kappa shape index (κ1) is 22.8. The maximum Gasteiger partial charge on any atom is 0.325 e. The summed E-state index contributed by atoms with van der Waals surface area (Å²) in [5.41, 5.74) is 1.51. The quantitative estimate of drug-likeness (QED) is 0.278. The molecule has 2 atom stereocenters. The number of aromatic nitrogens is 2. The lowest BCUT2D eigenvalue weighted by Gasteiger charge is -2.23. The number of aromatic amines is 1. The highest BCUT2D eigenvalue weighted by atomic mass is 127. The third-order valence-electron chi connectivity index (χ3n) is 5.99. The van der Waals surface area contributed by atoms with Crippen LogP contribution in [0.5, 0.6) is 5.75 Å². The highest BCUT2D eigenvalue weighted by Gasteiger charge is 2.49. The lowest BCUT2D eigenvalue weighted by Crippen LogP contribution is -2.36. The van der Waals surface area contributed by atoms with E-state index in [0.717, 1.165) is 16.4 Å². The summed E-state index contributed by atoms with van der Waals surface area (Å²) in [6.07, 6.45) is 3.28. The maximum absolute atomic E-state index is 14.5. The monoisotopic (exact) mass is 576 g/mol. The van der Waals surface area contributed by atoms with Crippen LogP contribution in [0.25, 0.3) is 11.3 Å². The lowest BCUT2D eigenvalue weighted by atomic mass is 10.1. The molecule has 1 saturated heterocycles. The van der Waals surface area contributed by atoms with Gasteiger partial charge >= 0.3 is 6.03 Å². The van der Waals surface area contributed by atoms with E-state index in [1.807, 2.05) is 22.6 Å². The molecule has 3 N–H and O–H groups in total. The molecular formula is C24H22FIN4O4. The molecule has 2 aliphatic rings. The normalized spacial score (nSPS) is 18.8. The Bertz CT molecular complexity index is 1230. The number of carbonyl (C=O) groups excluding carboxylic acids is 2. The van der Waals surface area contributed by atoms with Gasteiger partial charge in [0.15, 0.2) is 0 Å². The summed E-state index contributed by atoms with van der Waals surface area (Å²) < 4.78 is 20.6. The molecule has 2 fully saturated rings. The fourth-order valence-corrected chi connectivity index (χ4v) is 4.66. The molecule has 1 saturated carbocycles. The molecule has 10 heteroatoms. The van der Waals surface area contributed by atoms with Crippen LogP contribution in [0.4, 0.5) is 9.18 Å². The minimum absolute atomic E-state index is 0.0961. The number of nitrogens with zero attached hydrogens (tertiary/aromatic N) is 2. The van der Waals surface area contributed by atoms with Gasteiger partial charge in [0.2, 0.25) is 0 Å². The summed E-state index contributed by atoms with van der Waals surface area (Å²) in [5.74, 6) is 0.403. The number of H-pyrrole nitrogens is 1. The number of amides is 3. The number of ether oxygens (including phenoxy) is 1. The molecule has 1 unspecified atom stereocenters. The van der Waals surface area contributed by atoms with Crippen LogP contribution >= 0.6 is 22.6 Å². The van der Waals surface area contributed by atoms with Crippen LogP contribution in [0.1, 0.15) is 36.3 Å². The number of aliphatic hydroxyl groups excluding tert-OH is 1. The lowest BCUT2D eigenvalue weighted by molar-refractivity contribution is -0.129. The zero-order valence-corrected chi connectivity index (χ0v) is 20.2. The first-order chi connectivity index (χ1) is 16.5. The zero-order chi connectivity index (χ0) is 23.8. The van der Waals surface area contributed by atoms with Crippen LogP contribution in [-0.2, 0) is 4.79 Å². The number of imidazole rings is 1. The first-order valence-corrected chi connectivity index (χ1v) is 12.0. The molecule has 1 aliphatic heterocycles. The Hall–Kier alpha value is -2.99. The molecule has 8 nitrogen and oxygen atoms in total. The summed E-state index contributed by atoms with van der Waals surface area (Å²) in [5, 5.41) is 11.7. The van der Waals surface area contributed by atoms with E-state index in [9.17, 15) is 14.0 Å². The summed E-state index contributed by atoms with van der Waals surface area (Å²) in [7, 11) is 0. The van der Waals surface area contributed by atoms with Crippen molar-refractivity contribution in [2.75, 3.05) is 13.2 Å². The molecule has 3 amide bonds. The average molecular weight is 576 g/mol. The van der Waals surface area contributed by atoms with Crippen molar-refractivity contribution in [3.8, 4) is 17.0 Å². The van der Waals surface area contributed by atoms with Crippen LogP contribution < -0.4 is 10.1 Å². The number of benzene rings is 2. The SMILES string of the molecule is O=C1NC(c2ccc(OCCO)cc2)C(=O)N1[C@@H](c1ncc(-c2ccc(I)cc2F)[nH]1)C1CC1. The second-order valence-electron chi connectivity index (χ2n) is 8.32. The van der Waals surface area contributed by atoms with Gasteiger partial charge in [-0.3, -0.25) is 9.69 Å². The smallest absolute Gasteiger partial charge is 0.325 e. The van der Waals surface area contributed by atoms with E-state index >= 15 is 0 Å². The molecule has 5 rings (SSSR count). The summed E-state index contributed by atoms with van der Waals surface area (Å²) in [4.78, 5) is 35.1. The number of hydrogen-bond acceptors (Lipinski definition) is 5. The molecule has 0 bridgehead atoms. The molecule has 2 aromatic carbocycles. The summed E-state index contributed by atoms with van der Waals surface area (Å²) in [6, 6.07) is 9.90. The Morgan fingerprint density at radius 1 is 1.21 bits per heavy atom. The third-order valence-corrected chi connectivity index (χ3v) is 6.66. The van der Waals surface area contributed by atoms with Gasteiger partial charge in [0.25, 0.3) is 5.91 Å². The van der Waals surface area contributed by atoms with Gasteiger partial charge in [-0.05, 0) is 77.2 Å². The molecule has 176 valence electrons. The van der Waals surface area contributed by atoms with Gasteiger partial charge in [0, 0.05) is 9.13 Å². The molecule has 0 spiro atoms. The van der Waals surface area contributed by atoms with E-state index < -0.39 is 18.1 Å². The Labute approximate surface area is 208 Å². The van der Waals surface area contributed by atoms with Gasteiger partial charge in [-0.2, -0.15) is 0 Å². The van der Waals surface area contributed by atoms with Crippen molar-refractivity contribution in [1.29, 1.82) is 0 Å². The standard InChI is InChI=1S/C24H22FIN4O4/c25-18-11-15(26)5-8-17(18)19-12-27-22(28-19)21(14-1-2-14)30-23(32)20(29-24(30)33)13-3-6-16(7-4-13)34-10-9-31/h3-8,11-12,14,20-21,31H,1-2,9-10H2,(H,27,28)(H,29,33)/t20?,21-/m1/s1. The summed E-state index contributed by atoms with van der Waals surface area (Å²) in [6.45, 7) is 0.0771. The van der Waals surface area contributed by atoms with Crippen LogP contribution in [0.3, 0.4) is 0 Å². The van der Waals surface area contributed by atoms with Crippen molar-refractivity contribution in [2.24, 2.45) is 5.92 Å². The van der Waals surface area contributed by atoms with Gasteiger partial charge < -0.3 is 20.1 Å². The second kappa shape index (κ2) is 9.34. The third kappa shape index (κ3) is 4.39. The van der Waals surface area contributed by atoms with Crippen molar-refractivity contribution in [1.82, 2.24) is 20.2 Å². The van der Waals surface area contributed by atoms with Gasteiger partial charge in [0.05, 0.1) is 18.5 Å². The van der Waals surface area contributed by atoms with E-state index in [1.54, 1.807) is 36.4 Å². The molecule has 34 heavy (non-hydrogen) atoms. The van der Waals surface area contributed by atoms with Crippen LogP contribution in [-0.4, -0.2) is 45.1 Å². The molecule has 0 radical (unpaired) electrons. The maximum atomic E-state index is 14.5. The van der Waals surface area contributed by atoms with Gasteiger partial charge in [0.1, 0.15) is 36.1 Å². The number of halogens is 2. The highest BCUT2D eigenvalue weighted by molar-refractivity contribution is 14.1. The van der Waals surface area contributed by atoms with E-state index in [1.165, 1.54) is 17.2 Å².